The topological polar surface area (TPSA) is 0 Å². The van der Waals surface area contributed by atoms with Crippen molar-refractivity contribution in [2.75, 3.05) is 0 Å². The van der Waals surface area contributed by atoms with E-state index in [4.69, 9.17) is 0 Å². The van der Waals surface area contributed by atoms with Gasteiger partial charge in [-0.3, -0.25) is 0 Å². The van der Waals surface area contributed by atoms with Crippen molar-refractivity contribution in [3.8, 4) is 0 Å². The second-order valence-electron chi connectivity index (χ2n) is 4.23. The van der Waals surface area contributed by atoms with Crippen LogP contribution in [0.15, 0.2) is 57.3 Å². The molecule has 0 spiro atoms. The maximum atomic E-state index is 2.34. The number of hydrogen-bond acceptors (Lipinski definition) is 7. The molecule has 0 aliphatic carbocycles. The molecule has 0 radical (unpaired) electrons. The van der Waals surface area contributed by atoms with Crippen LogP contribution in [0.1, 0.15) is 0 Å². The van der Waals surface area contributed by atoms with Crippen LogP contribution in [0.4, 0.5) is 0 Å². The van der Waals surface area contributed by atoms with E-state index in [1.807, 2.05) is 70.6 Å². The Balaban J connectivity index is 1.48. The first-order valence-electron chi connectivity index (χ1n) is 6.39. The van der Waals surface area contributed by atoms with E-state index < -0.39 is 0 Å². The van der Waals surface area contributed by atoms with Crippen molar-refractivity contribution in [1.29, 1.82) is 0 Å². The Morgan fingerprint density at radius 1 is 0.609 bits per heavy atom. The van der Waals surface area contributed by atoms with Gasteiger partial charge in [0, 0.05) is 0 Å². The Morgan fingerprint density at radius 2 is 1.04 bits per heavy atom. The molecule has 4 rings (SSSR count). The van der Waals surface area contributed by atoms with Gasteiger partial charge in [-0.05, 0) is 0 Å². The molecule has 0 N–H and O–H groups in total. The van der Waals surface area contributed by atoms with Gasteiger partial charge in [0.2, 0.25) is 0 Å². The van der Waals surface area contributed by atoms with Crippen molar-refractivity contribution >= 4 is 112 Å². The van der Waals surface area contributed by atoms with Crippen LogP contribution in [0.25, 0.3) is 0 Å². The fraction of sp³-hybridized carbons (Fsp3) is 0.143. The van der Waals surface area contributed by atoms with Crippen molar-refractivity contribution in [2.45, 2.75) is 11.6 Å². The van der Waals surface area contributed by atoms with Gasteiger partial charge < -0.3 is 0 Å². The van der Waals surface area contributed by atoms with E-state index in [9.17, 15) is 0 Å². The van der Waals surface area contributed by atoms with E-state index in [2.05, 4.69) is 34.6 Å². The van der Waals surface area contributed by atoms with E-state index in [0.29, 0.717) is 29.9 Å². The summed E-state index contributed by atoms with van der Waals surface area (Å²) >= 11 is 15.0. The number of allylic oxidation sites excluding steroid dienone is 3. The quantitative estimate of drug-likeness (QED) is 0.321. The molecule has 120 valence electrons. The molecule has 9 heteroatoms. The van der Waals surface area contributed by atoms with E-state index >= 15 is 0 Å². The summed E-state index contributed by atoms with van der Waals surface area (Å²) in [7, 11) is 0. The zero-order valence-corrected chi connectivity index (χ0v) is 21.1. The summed E-state index contributed by atoms with van der Waals surface area (Å²) in [6, 6.07) is 0. The van der Waals surface area contributed by atoms with E-state index in [-0.39, 0.29) is 0 Å². The predicted octanol–water partition coefficient (Wildman–Crippen LogP) is 7.30. The van der Waals surface area contributed by atoms with E-state index in [1.165, 1.54) is 26.8 Å². The summed E-state index contributed by atoms with van der Waals surface area (Å²) in [6.07, 6.45) is 4.46. The molecule has 0 fully saturated rings. The van der Waals surface area contributed by atoms with Crippen molar-refractivity contribution in [1.82, 2.24) is 0 Å². The molecule has 4 heterocycles. The van der Waals surface area contributed by atoms with E-state index in [1.54, 1.807) is 19.4 Å². The molecule has 0 saturated heterocycles. The third-order valence-electron chi connectivity index (χ3n) is 2.87. The Hall–Kier alpha value is 1.93. The van der Waals surface area contributed by atoms with Gasteiger partial charge in [-0.15, -0.1) is 0 Å². The summed E-state index contributed by atoms with van der Waals surface area (Å²) in [5.41, 5.74) is 1.36. The average Bonchev–Trinajstić information content (AvgIpc) is 3.27. The van der Waals surface area contributed by atoms with Crippen molar-refractivity contribution in [3.63, 3.8) is 0 Å². The maximum absolute atomic E-state index is 2.34. The molecule has 0 nitrogen and oxygen atoms in total. The first-order valence-corrected chi connectivity index (χ1v) is 17.4. The van der Waals surface area contributed by atoms with Gasteiger partial charge in [0.1, 0.15) is 0 Å². The van der Waals surface area contributed by atoms with Crippen LogP contribution >= 0.6 is 82.3 Å². The van der Waals surface area contributed by atoms with E-state index in [0.717, 1.165) is 0 Å². The molecular weight excluding hydrogens is 551 g/mol. The second kappa shape index (κ2) is 8.30. The molecule has 0 aromatic heterocycles. The summed E-state index contributed by atoms with van der Waals surface area (Å²) < 4.78 is 10.8. The van der Waals surface area contributed by atoms with Crippen LogP contribution in [0.3, 0.4) is 0 Å². The Labute approximate surface area is 179 Å². The van der Waals surface area contributed by atoms with Crippen molar-refractivity contribution in [3.05, 3.63) is 57.3 Å². The van der Waals surface area contributed by atoms with Crippen LogP contribution < -0.4 is 0 Å². The molecule has 0 amide bonds. The molecule has 0 atom stereocenters. The van der Waals surface area contributed by atoms with Crippen molar-refractivity contribution < 1.29 is 0 Å². The zero-order chi connectivity index (χ0) is 15.8. The monoisotopic (exact) mass is 562 g/mol. The average molecular weight is 561 g/mol. The van der Waals surface area contributed by atoms with Gasteiger partial charge >= 0.3 is 181 Å². The summed E-state index contributed by atoms with van der Waals surface area (Å²) in [5, 5.41) is 4.33. The molecule has 0 bridgehead atoms. The van der Waals surface area contributed by atoms with Crippen LogP contribution in [-0.4, -0.2) is 29.9 Å². The third-order valence-corrected chi connectivity index (χ3v) is 18.3. The second-order valence-corrected chi connectivity index (χ2v) is 17.1. The molecule has 4 aliphatic rings. The molecule has 0 unspecified atom stereocenters. The predicted molar refractivity (Wildman–Crippen MR) is 123 cm³/mol. The Bertz CT molecular complexity index is 688. The molecule has 0 aromatic carbocycles. The van der Waals surface area contributed by atoms with Crippen LogP contribution in [0.2, 0.25) is 11.6 Å². The Kier molecular flexibility index (Phi) is 6.60. The fourth-order valence-corrected chi connectivity index (χ4v) is 17.9. The van der Waals surface area contributed by atoms with Crippen LogP contribution in [0.5, 0.6) is 0 Å². The van der Waals surface area contributed by atoms with Gasteiger partial charge in [-0.1, -0.05) is 0 Å². The Morgan fingerprint density at radius 3 is 1.52 bits per heavy atom. The molecule has 23 heavy (non-hydrogen) atoms. The van der Waals surface area contributed by atoms with Crippen molar-refractivity contribution in [2.24, 2.45) is 0 Å². The number of hydrogen-bond donors (Lipinski definition) is 0. The number of rotatable bonds is 2. The van der Waals surface area contributed by atoms with Gasteiger partial charge in [0.25, 0.3) is 0 Å². The first kappa shape index (κ1) is 18.3. The molecule has 4 aliphatic heterocycles. The van der Waals surface area contributed by atoms with Gasteiger partial charge in [0.05, 0.1) is 0 Å². The number of thioether (sulfide) groups is 7. The minimum absolute atomic E-state index is 0.635. The van der Waals surface area contributed by atoms with Gasteiger partial charge in [-0.2, -0.15) is 0 Å². The van der Waals surface area contributed by atoms with Gasteiger partial charge in [-0.25, -0.2) is 0 Å². The zero-order valence-electron chi connectivity index (χ0n) is 12.0. The molecule has 0 aromatic rings. The molecular formula is C14H10S7Se2. The van der Waals surface area contributed by atoms with Crippen LogP contribution in [0, 0.1) is 0 Å². The standard InChI is InChI=1S/C14H10S7Se2/c1-22-13-14(23-2)21-12(20-13)11-18-9-10(19-11)17-8(16-9)7-3-5-15-6-4-7/h3-6H,1-2H3. The SMILES string of the molecule is C[Se]C1=C([Se]C)SC(=C2SC3=C(SC(=C4C=CSC=C4)S3)S2)S1. The third kappa shape index (κ3) is 3.96. The summed E-state index contributed by atoms with van der Waals surface area (Å²) in [6.45, 7) is 0. The fourth-order valence-electron chi connectivity index (χ4n) is 1.86. The summed E-state index contributed by atoms with van der Waals surface area (Å²) in [5.74, 6) is 4.69. The molecule has 0 saturated carbocycles. The minimum atomic E-state index is 0.635. The van der Waals surface area contributed by atoms with Gasteiger partial charge in [0.15, 0.2) is 0 Å². The van der Waals surface area contributed by atoms with Crippen LogP contribution in [-0.2, 0) is 0 Å². The first-order chi connectivity index (χ1) is 11.3. The summed E-state index contributed by atoms with van der Waals surface area (Å²) in [4.78, 5) is 0. The normalized spacial score (nSPS) is 23.9.